The van der Waals surface area contributed by atoms with Crippen molar-refractivity contribution in [2.75, 3.05) is 0 Å². The predicted molar refractivity (Wildman–Crippen MR) is 223 cm³/mol. The molecule has 0 fully saturated rings. The van der Waals surface area contributed by atoms with Gasteiger partial charge in [-0.15, -0.1) is 0 Å². The summed E-state index contributed by atoms with van der Waals surface area (Å²) in [6.45, 7) is 0. The second kappa shape index (κ2) is 12.6. The molecule has 0 aliphatic carbocycles. The zero-order valence-electron chi connectivity index (χ0n) is 30.5. The van der Waals surface area contributed by atoms with Crippen molar-refractivity contribution >= 4 is 33.0 Å². The van der Waals surface area contributed by atoms with Crippen LogP contribution in [0, 0.1) is 0 Å². The number of para-hydroxylation sites is 4. The summed E-state index contributed by atoms with van der Waals surface area (Å²) in [5.41, 5.74) is 9.63. The van der Waals surface area contributed by atoms with Crippen molar-refractivity contribution in [3.05, 3.63) is 210 Å². The summed E-state index contributed by atoms with van der Waals surface area (Å²) in [6, 6.07) is 63.1. The number of pyridine rings is 1. The number of rotatable bonds is 6. The lowest BCUT2D eigenvalue weighted by molar-refractivity contribution is 0.434. The minimum Gasteiger partial charge on any atom is -0.457 e. The van der Waals surface area contributed by atoms with Crippen molar-refractivity contribution in [1.29, 1.82) is 0 Å². The van der Waals surface area contributed by atoms with Gasteiger partial charge in [-0.3, -0.25) is 4.57 Å². The number of aryl methyl sites for hydroxylation is 1. The van der Waals surface area contributed by atoms with Crippen molar-refractivity contribution in [3.63, 3.8) is 0 Å². The number of fused-ring (bicyclic) bond motifs is 7. The van der Waals surface area contributed by atoms with Crippen molar-refractivity contribution in [2.24, 2.45) is 7.05 Å². The van der Waals surface area contributed by atoms with Crippen LogP contribution in [0.5, 0.6) is 23.0 Å². The molecule has 0 N–H and O–H groups in total. The molecule has 0 atom stereocenters. The highest BCUT2D eigenvalue weighted by Crippen LogP contribution is 2.58. The van der Waals surface area contributed by atoms with Gasteiger partial charge in [-0.05, 0) is 59.7 Å². The van der Waals surface area contributed by atoms with Crippen LogP contribution in [0.1, 0.15) is 22.3 Å². The number of aromatic nitrogens is 4. The number of nitrogens with zero attached hydrogens (tertiary/aromatic N) is 4. The van der Waals surface area contributed by atoms with Crippen molar-refractivity contribution in [2.45, 2.75) is 5.41 Å². The Morgan fingerprint density at radius 1 is 0.589 bits per heavy atom. The maximum absolute atomic E-state index is 6.80. The van der Waals surface area contributed by atoms with Crippen LogP contribution in [0.25, 0.3) is 50.0 Å². The Hall–Kier alpha value is -7.44. The molecule has 4 heterocycles. The van der Waals surface area contributed by atoms with E-state index in [0.717, 1.165) is 89.5 Å². The second-order valence-electron chi connectivity index (χ2n) is 14.2. The number of ether oxygens (including phenoxy) is 2. The number of imidazole rings is 1. The highest BCUT2D eigenvalue weighted by molar-refractivity contribution is 6.11. The molecule has 6 heteroatoms. The molecule has 1 aliphatic heterocycles. The molecule has 11 rings (SSSR count). The largest absolute Gasteiger partial charge is 0.457 e. The molecule has 1 aliphatic rings. The molecular weight excluding hydrogens is 689 g/mol. The molecule has 7 aromatic carbocycles. The first-order valence-corrected chi connectivity index (χ1v) is 18.8. The zero-order valence-corrected chi connectivity index (χ0v) is 30.5. The van der Waals surface area contributed by atoms with E-state index in [4.69, 9.17) is 19.4 Å². The fourth-order valence-electron chi connectivity index (χ4n) is 8.80. The fraction of sp³-hybridized carbons (Fsp3) is 0.0400. The monoisotopic (exact) mass is 722 g/mol. The molecule has 56 heavy (non-hydrogen) atoms. The SMILES string of the molecule is Cn1c(-c2cccc(Oc3cccc(-n4c5ccccc5c5c6c(cnc54)Oc4ccccc4C6(c4ccccc4)c4ccccc4)c3)c2)nc2ccccc21. The van der Waals surface area contributed by atoms with Gasteiger partial charge in [0, 0.05) is 40.6 Å². The Labute approximate surface area is 323 Å². The highest BCUT2D eigenvalue weighted by atomic mass is 16.5. The molecule has 6 nitrogen and oxygen atoms in total. The lowest BCUT2D eigenvalue weighted by Crippen LogP contribution is -2.34. The van der Waals surface area contributed by atoms with E-state index in [1.165, 1.54) is 0 Å². The van der Waals surface area contributed by atoms with Crippen molar-refractivity contribution in [3.8, 4) is 40.1 Å². The van der Waals surface area contributed by atoms with E-state index in [1.807, 2.05) is 67.8 Å². The minimum absolute atomic E-state index is 0.697. The van der Waals surface area contributed by atoms with Gasteiger partial charge in [0.05, 0.1) is 33.8 Å². The van der Waals surface area contributed by atoms with Gasteiger partial charge >= 0.3 is 0 Å². The van der Waals surface area contributed by atoms with Crippen LogP contribution in [0.2, 0.25) is 0 Å². The van der Waals surface area contributed by atoms with Gasteiger partial charge in [0.25, 0.3) is 0 Å². The van der Waals surface area contributed by atoms with E-state index in [2.05, 4.69) is 137 Å². The molecule has 3 aromatic heterocycles. The quantitative estimate of drug-likeness (QED) is 0.171. The smallest absolute Gasteiger partial charge is 0.151 e. The summed E-state index contributed by atoms with van der Waals surface area (Å²) in [4.78, 5) is 10.1. The van der Waals surface area contributed by atoms with E-state index in [1.54, 1.807) is 0 Å². The lowest BCUT2D eigenvalue weighted by Gasteiger charge is -2.41. The first-order valence-electron chi connectivity index (χ1n) is 18.8. The number of hydrogen-bond donors (Lipinski definition) is 0. The molecule has 0 amide bonds. The van der Waals surface area contributed by atoms with Crippen LogP contribution in [-0.4, -0.2) is 19.1 Å². The first kappa shape index (κ1) is 32.0. The molecule has 0 spiro atoms. The van der Waals surface area contributed by atoms with Crippen LogP contribution < -0.4 is 9.47 Å². The third kappa shape index (κ3) is 4.76. The summed E-state index contributed by atoms with van der Waals surface area (Å²) in [5.74, 6) is 3.90. The topological polar surface area (TPSA) is 54.1 Å². The Balaban J connectivity index is 1.10. The van der Waals surface area contributed by atoms with Crippen LogP contribution >= 0.6 is 0 Å². The number of hydrogen-bond acceptors (Lipinski definition) is 4. The third-order valence-electron chi connectivity index (χ3n) is 11.1. The van der Waals surface area contributed by atoms with E-state index >= 15 is 0 Å². The summed E-state index contributed by atoms with van der Waals surface area (Å²) >= 11 is 0. The van der Waals surface area contributed by atoms with E-state index in [-0.39, 0.29) is 0 Å². The Kier molecular flexibility index (Phi) is 7.19. The molecule has 0 saturated carbocycles. The van der Waals surface area contributed by atoms with Gasteiger partial charge in [0.2, 0.25) is 0 Å². The molecule has 0 unspecified atom stereocenters. The van der Waals surface area contributed by atoms with Crippen LogP contribution in [-0.2, 0) is 12.5 Å². The fourth-order valence-corrected chi connectivity index (χ4v) is 8.80. The molecular formula is C50H34N4O2. The maximum atomic E-state index is 6.80. The van der Waals surface area contributed by atoms with Gasteiger partial charge in [-0.1, -0.05) is 127 Å². The van der Waals surface area contributed by atoms with Gasteiger partial charge in [0.1, 0.15) is 28.7 Å². The van der Waals surface area contributed by atoms with Gasteiger partial charge in [-0.25, -0.2) is 9.97 Å². The zero-order chi connectivity index (χ0) is 37.2. The Bertz CT molecular complexity index is 3070. The van der Waals surface area contributed by atoms with E-state index in [0.29, 0.717) is 5.75 Å². The maximum Gasteiger partial charge on any atom is 0.151 e. The molecule has 0 bridgehead atoms. The third-order valence-corrected chi connectivity index (χ3v) is 11.1. The van der Waals surface area contributed by atoms with Gasteiger partial charge < -0.3 is 14.0 Å². The first-order chi connectivity index (χ1) is 27.7. The van der Waals surface area contributed by atoms with Crippen molar-refractivity contribution in [1.82, 2.24) is 19.1 Å². The minimum atomic E-state index is -0.697. The Morgan fingerprint density at radius 2 is 1.25 bits per heavy atom. The van der Waals surface area contributed by atoms with Crippen molar-refractivity contribution < 1.29 is 9.47 Å². The molecule has 0 saturated heterocycles. The lowest BCUT2D eigenvalue weighted by atomic mass is 9.63. The van der Waals surface area contributed by atoms with E-state index < -0.39 is 5.41 Å². The predicted octanol–water partition coefficient (Wildman–Crippen LogP) is 12.0. The summed E-state index contributed by atoms with van der Waals surface area (Å²) in [5, 5.41) is 2.13. The van der Waals surface area contributed by atoms with Crippen LogP contribution in [0.4, 0.5) is 0 Å². The molecule has 0 radical (unpaired) electrons. The average Bonchev–Trinajstić information content (AvgIpc) is 3.78. The second-order valence-corrected chi connectivity index (χ2v) is 14.2. The highest BCUT2D eigenvalue weighted by Gasteiger charge is 2.47. The normalized spacial score (nSPS) is 13.0. The average molecular weight is 723 g/mol. The van der Waals surface area contributed by atoms with Crippen LogP contribution in [0.15, 0.2) is 188 Å². The van der Waals surface area contributed by atoms with E-state index in [9.17, 15) is 0 Å². The summed E-state index contributed by atoms with van der Waals surface area (Å²) in [6.07, 6.45) is 1.90. The van der Waals surface area contributed by atoms with Gasteiger partial charge in [0.15, 0.2) is 5.75 Å². The molecule has 266 valence electrons. The Morgan fingerprint density at radius 3 is 2.04 bits per heavy atom. The van der Waals surface area contributed by atoms with Crippen LogP contribution in [0.3, 0.4) is 0 Å². The standard InChI is InChI=1S/C50H34N4O2/c1-53-43-28-12-10-26-41(43)52-48(53)33-16-14-22-37(30-33)55-38-23-15-21-36(31-38)54-42-27-11-8-24-39(42)46-47-45(32-51-49(46)54)56-44-29-13-9-25-40(44)50(47,34-17-4-2-5-18-34)35-19-6-3-7-20-35/h2-32H,1H3. The summed E-state index contributed by atoms with van der Waals surface area (Å²) < 4.78 is 17.8. The number of benzene rings is 7. The molecule has 10 aromatic rings. The van der Waals surface area contributed by atoms with Gasteiger partial charge in [-0.2, -0.15) is 0 Å². The summed E-state index contributed by atoms with van der Waals surface area (Å²) in [7, 11) is 2.05.